The van der Waals surface area contributed by atoms with Crippen LogP contribution in [-0.2, 0) is 6.42 Å². The van der Waals surface area contributed by atoms with E-state index >= 15 is 0 Å². The minimum absolute atomic E-state index is 0.451. The number of hydrogen-bond acceptors (Lipinski definition) is 5. The summed E-state index contributed by atoms with van der Waals surface area (Å²) in [6, 6.07) is 0.451. The summed E-state index contributed by atoms with van der Waals surface area (Å²) >= 11 is 1.20. The molecule has 0 bridgehead atoms. The Morgan fingerprint density at radius 2 is 2.57 bits per heavy atom. The highest BCUT2D eigenvalue weighted by molar-refractivity contribution is 6.99. The van der Waals surface area contributed by atoms with Gasteiger partial charge in [0, 0.05) is 19.0 Å². The third kappa shape index (κ3) is 1.94. The molecule has 14 heavy (non-hydrogen) atoms. The zero-order chi connectivity index (χ0) is 10.2. The van der Waals surface area contributed by atoms with E-state index in [4.69, 9.17) is 0 Å². The van der Waals surface area contributed by atoms with Gasteiger partial charge >= 0.3 is 0 Å². The lowest BCUT2D eigenvalue weighted by atomic mass is 9.95. The smallest absolute Gasteiger partial charge is 0.0844 e. The molecule has 2 unspecified atom stereocenters. The quantitative estimate of drug-likeness (QED) is 0.779. The van der Waals surface area contributed by atoms with Crippen LogP contribution in [0, 0.1) is 0 Å². The second-order valence-electron chi connectivity index (χ2n) is 4.27. The number of β-amino-alcohol motifs (C(OH)–C–C–N with tert-alkyl or cyclic N) is 1. The van der Waals surface area contributed by atoms with Crippen molar-refractivity contribution in [2.75, 3.05) is 13.6 Å². The topological polar surface area (TPSA) is 49.3 Å². The normalized spacial score (nSPS) is 33.8. The molecule has 2 atom stereocenters. The Bertz CT molecular complexity index is 291. The van der Waals surface area contributed by atoms with Gasteiger partial charge in [-0.25, -0.2) is 0 Å². The lowest BCUT2D eigenvalue weighted by Crippen LogP contribution is -2.34. The molecule has 78 valence electrons. The molecule has 1 fully saturated rings. The molecule has 0 aliphatic carbocycles. The lowest BCUT2D eigenvalue weighted by Gasteiger charge is -2.20. The zero-order valence-electron chi connectivity index (χ0n) is 8.47. The summed E-state index contributed by atoms with van der Waals surface area (Å²) in [4.78, 5) is 2.18. The van der Waals surface area contributed by atoms with Crippen molar-refractivity contribution in [2.45, 2.75) is 31.4 Å². The van der Waals surface area contributed by atoms with Crippen LogP contribution in [0.5, 0.6) is 0 Å². The SMILES string of the molecule is CC1CC(O)(Cc2cnsn2)CN1C. The number of likely N-dealkylation sites (tertiary alicyclic amines) is 1. The van der Waals surface area contributed by atoms with Crippen molar-refractivity contribution in [1.82, 2.24) is 13.6 Å². The predicted octanol–water partition coefficient (Wildman–Crippen LogP) is 0.536. The van der Waals surface area contributed by atoms with Gasteiger partial charge < -0.3 is 10.0 Å². The maximum Gasteiger partial charge on any atom is 0.0844 e. The fourth-order valence-corrected chi connectivity index (χ4v) is 2.55. The largest absolute Gasteiger partial charge is 0.388 e. The molecule has 4 nitrogen and oxygen atoms in total. The summed E-state index contributed by atoms with van der Waals surface area (Å²) in [5.74, 6) is 0. The van der Waals surface area contributed by atoms with Crippen molar-refractivity contribution in [2.24, 2.45) is 0 Å². The van der Waals surface area contributed by atoms with Gasteiger partial charge in [-0.1, -0.05) is 0 Å². The highest BCUT2D eigenvalue weighted by Crippen LogP contribution is 2.28. The average Bonchev–Trinajstić information content (AvgIpc) is 2.62. The number of aliphatic hydroxyl groups is 1. The molecule has 1 aromatic rings. The fraction of sp³-hybridized carbons (Fsp3) is 0.778. The van der Waals surface area contributed by atoms with Crippen LogP contribution in [-0.4, -0.2) is 44.0 Å². The molecule has 0 aromatic carbocycles. The molecule has 1 N–H and O–H groups in total. The average molecular weight is 213 g/mol. The van der Waals surface area contributed by atoms with Gasteiger partial charge in [0.05, 0.1) is 29.2 Å². The highest BCUT2D eigenvalue weighted by Gasteiger charge is 2.39. The maximum atomic E-state index is 10.3. The molecule has 0 saturated carbocycles. The Morgan fingerprint density at radius 3 is 3.07 bits per heavy atom. The molecule has 1 aliphatic heterocycles. The van der Waals surface area contributed by atoms with Crippen molar-refractivity contribution in [3.63, 3.8) is 0 Å². The molecule has 2 rings (SSSR count). The number of rotatable bonds is 2. The zero-order valence-corrected chi connectivity index (χ0v) is 9.29. The Labute approximate surface area is 87.9 Å². The minimum Gasteiger partial charge on any atom is -0.388 e. The molecular weight excluding hydrogens is 198 g/mol. The number of hydrogen-bond donors (Lipinski definition) is 1. The van der Waals surface area contributed by atoms with E-state index in [2.05, 4.69) is 20.6 Å². The van der Waals surface area contributed by atoms with E-state index in [1.807, 2.05) is 7.05 Å². The minimum atomic E-state index is -0.607. The lowest BCUT2D eigenvalue weighted by molar-refractivity contribution is 0.0513. The molecule has 1 aliphatic rings. The Hall–Kier alpha value is -0.520. The first-order chi connectivity index (χ1) is 6.59. The summed E-state index contributed by atoms with van der Waals surface area (Å²) in [6.07, 6.45) is 3.19. The van der Waals surface area contributed by atoms with Gasteiger partial charge in [0.2, 0.25) is 0 Å². The van der Waals surface area contributed by atoms with Gasteiger partial charge in [0.1, 0.15) is 0 Å². The van der Waals surface area contributed by atoms with E-state index < -0.39 is 5.60 Å². The molecule has 0 amide bonds. The van der Waals surface area contributed by atoms with Crippen LogP contribution in [0.1, 0.15) is 19.0 Å². The van der Waals surface area contributed by atoms with E-state index in [0.717, 1.165) is 18.7 Å². The number of likely N-dealkylation sites (N-methyl/N-ethyl adjacent to an activating group) is 1. The second kappa shape index (κ2) is 3.56. The van der Waals surface area contributed by atoms with Crippen molar-refractivity contribution in [1.29, 1.82) is 0 Å². The third-order valence-electron chi connectivity index (χ3n) is 2.89. The van der Waals surface area contributed by atoms with E-state index in [9.17, 15) is 5.11 Å². The fourth-order valence-electron chi connectivity index (χ4n) is 2.12. The monoisotopic (exact) mass is 213 g/mol. The summed E-state index contributed by atoms with van der Waals surface area (Å²) in [6.45, 7) is 2.86. The van der Waals surface area contributed by atoms with Crippen molar-refractivity contribution >= 4 is 11.7 Å². The van der Waals surface area contributed by atoms with Crippen LogP contribution in [0.4, 0.5) is 0 Å². The Morgan fingerprint density at radius 1 is 1.79 bits per heavy atom. The van der Waals surface area contributed by atoms with Crippen LogP contribution in [0.3, 0.4) is 0 Å². The first-order valence-corrected chi connectivity index (χ1v) is 5.51. The Kier molecular flexibility index (Phi) is 2.55. The predicted molar refractivity (Wildman–Crippen MR) is 55.3 cm³/mol. The number of nitrogens with zero attached hydrogens (tertiary/aromatic N) is 3. The first kappa shape index (κ1) is 10.0. The van der Waals surface area contributed by atoms with Crippen LogP contribution < -0.4 is 0 Å². The van der Waals surface area contributed by atoms with Crippen molar-refractivity contribution < 1.29 is 5.11 Å². The summed E-state index contributed by atoms with van der Waals surface area (Å²) < 4.78 is 8.07. The molecule has 1 saturated heterocycles. The van der Waals surface area contributed by atoms with Gasteiger partial charge in [-0.15, -0.1) is 0 Å². The molecule has 5 heteroatoms. The van der Waals surface area contributed by atoms with Gasteiger partial charge in [-0.2, -0.15) is 8.75 Å². The van der Waals surface area contributed by atoms with E-state index in [-0.39, 0.29) is 0 Å². The van der Waals surface area contributed by atoms with E-state index in [1.54, 1.807) is 6.20 Å². The molecule has 0 radical (unpaired) electrons. The molecule has 1 aromatic heterocycles. The molecule has 2 heterocycles. The van der Waals surface area contributed by atoms with Gasteiger partial charge in [0.15, 0.2) is 0 Å². The standard InChI is InChI=1S/C9H15N3OS/c1-7-3-9(13,6-12(7)2)4-8-5-10-14-11-8/h5,7,13H,3-4,6H2,1-2H3. The van der Waals surface area contributed by atoms with Crippen LogP contribution in [0.25, 0.3) is 0 Å². The van der Waals surface area contributed by atoms with Crippen LogP contribution >= 0.6 is 11.7 Å². The Balaban J connectivity index is 2.04. The van der Waals surface area contributed by atoms with Gasteiger partial charge in [0.25, 0.3) is 0 Å². The van der Waals surface area contributed by atoms with Crippen molar-refractivity contribution in [3.8, 4) is 0 Å². The first-order valence-electron chi connectivity index (χ1n) is 4.78. The van der Waals surface area contributed by atoms with E-state index in [0.29, 0.717) is 12.5 Å². The highest BCUT2D eigenvalue weighted by atomic mass is 32.1. The summed E-state index contributed by atoms with van der Waals surface area (Å²) in [5, 5.41) is 10.3. The van der Waals surface area contributed by atoms with Gasteiger partial charge in [-0.3, -0.25) is 0 Å². The molecular formula is C9H15N3OS. The summed E-state index contributed by atoms with van der Waals surface area (Å²) in [7, 11) is 2.04. The maximum absolute atomic E-state index is 10.3. The van der Waals surface area contributed by atoms with E-state index in [1.165, 1.54) is 11.7 Å². The van der Waals surface area contributed by atoms with Crippen molar-refractivity contribution in [3.05, 3.63) is 11.9 Å². The van der Waals surface area contributed by atoms with Crippen LogP contribution in [0.15, 0.2) is 6.20 Å². The number of aromatic nitrogens is 2. The van der Waals surface area contributed by atoms with Gasteiger partial charge in [-0.05, 0) is 20.4 Å². The summed E-state index contributed by atoms with van der Waals surface area (Å²) in [5.41, 5.74) is 0.296. The molecule has 0 spiro atoms. The second-order valence-corrected chi connectivity index (χ2v) is 4.82. The van der Waals surface area contributed by atoms with Crippen LogP contribution in [0.2, 0.25) is 0 Å². The third-order valence-corrected chi connectivity index (χ3v) is 3.40.